The molecule has 2 atom stereocenters. The highest BCUT2D eigenvalue weighted by Crippen LogP contribution is 2.43. The van der Waals surface area contributed by atoms with Gasteiger partial charge in [-0.1, -0.05) is 174 Å². The van der Waals surface area contributed by atoms with Gasteiger partial charge < -0.3 is 14.4 Å². The minimum atomic E-state index is -4.31. The lowest BCUT2D eigenvalue weighted by Gasteiger charge is -2.19. The zero-order valence-corrected chi connectivity index (χ0v) is 38.4. The van der Waals surface area contributed by atoms with Crippen molar-refractivity contribution in [2.75, 3.05) is 19.8 Å². The summed E-state index contributed by atoms with van der Waals surface area (Å²) in [4.78, 5) is 34.8. The normalized spacial score (nSPS) is 14.4. The Hall–Kier alpha value is -3.55. The van der Waals surface area contributed by atoms with Crippen LogP contribution in [0.2, 0.25) is 0 Å². The number of esters is 2. The van der Waals surface area contributed by atoms with Crippen LogP contribution < -0.4 is 0 Å². The van der Waals surface area contributed by atoms with E-state index in [0.29, 0.717) is 12.8 Å². The fraction of sp³-hybridized carbons (Fsp3) is 0.569. The number of unbranched alkanes of at least 4 members (excludes halogenated alkanes) is 8. The van der Waals surface area contributed by atoms with E-state index in [1.54, 1.807) is 6.92 Å². The van der Waals surface area contributed by atoms with E-state index in [1.165, 1.54) is 25.7 Å². The number of phosphoric ester groups is 1. The number of allylic oxidation sites excluding steroid dienone is 20. The van der Waals surface area contributed by atoms with E-state index < -0.39 is 32.5 Å². The molecule has 0 spiro atoms. The van der Waals surface area contributed by atoms with Crippen LogP contribution in [0.4, 0.5) is 0 Å². The summed E-state index contributed by atoms with van der Waals surface area (Å²) in [6.07, 6.45) is 62.7. The van der Waals surface area contributed by atoms with Crippen molar-refractivity contribution >= 4 is 19.8 Å². The number of ether oxygens (including phenoxy) is 2. The van der Waals surface area contributed by atoms with Crippen LogP contribution in [0.5, 0.6) is 0 Å². The average molecular weight is 853 g/mol. The van der Waals surface area contributed by atoms with Crippen molar-refractivity contribution in [2.45, 2.75) is 168 Å². The molecular formula is C51H81O8P. The molecule has 338 valence electrons. The standard InChI is InChI=1S/C51H81O8P/c1-4-7-9-11-13-15-17-19-21-23-25-26-28-29-31-33-35-37-39-41-43-45-50(52)56-47-49(48-58-60(54,55)57-6-3)59-51(53)46-44-42-40-38-36-34-32-30-27-24-22-20-18-16-14-12-10-8-5-2/h7-10,13-16,19-22,25-27,30,34,36,40,42,49H,4-6,11-12,17-18,23-24,28-29,31-33,35,37-39,41,43-48H2,1-3H3,(H,54,55)/b9-7-,10-8-,15-13-,16-14-,21-19-,22-20-,26-25-,30-27-,36-34-,42-40-. The predicted molar refractivity (Wildman–Crippen MR) is 253 cm³/mol. The number of carbonyl (C=O) groups excluding carboxylic acids is 2. The molecule has 0 aliphatic heterocycles. The summed E-state index contributed by atoms with van der Waals surface area (Å²) in [5, 5.41) is 0. The fourth-order valence-electron chi connectivity index (χ4n) is 5.53. The lowest BCUT2D eigenvalue weighted by atomic mass is 10.1. The fourth-order valence-corrected chi connectivity index (χ4v) is 6.28. The largest absolute Gasteiger partial charge is 0.472 e. The molecule has 0 bridgehead atoms. The second-order valence-corrected chi connectivity index (χ2v) is 15.8. The molecule has 2 unspecified atom stereocenters. The van der Waals surface area contributed by atoms with Gasteiger partial charge in [0.15, 0.2) is 6.10 Å². The predicted octanol–water partition coefficient (Wildman–Crippen LogP) is 14.8. The average Bonchev–Trinajstić information content (AvgIpc) is 3.23. The summed E-state index contributed by atoms with van der Waals surface area (Å²) < 4.78 is 32.6. The highest BCUT2D eigenvalue weighted by Gasteiger charge is 2.25. The maximum atomic E-state index is 12.5. The minimum Gasteiger partial charge on any atom is -0.462 e. The first-order valence-corrected chi connectivity index (χ1v) is 24.3. The molecule has 0 saturated carbocycles. The van der Waals surface area contributed by atoms with Crippen molar-refractivity contribution in [3.05, 3.63) is 122 Å². The van der Waals surface area contributed by atoms with Crippen LogP contribution in [0.1, 0.15) is 162 Å². The molecule has 0 heterocycles. The van der Waals surface area contributed by atoms with Gasteiger partial charge in [-0.25, -0.2) is 4.57 Å². The smallest absolute Gasteiger partial charge is 0.462 e. The molecule has 0 rings (SSSR count). The number of rotatable bonds is 40. The molecule has 60 heavy (non-hydrogen) atoms. The van der Waals surface area contributed by atoms with Gasteiger partial charge in [0.1, 0.15) is 6.61 Å². The molecule has 0 amide bonds. The summed E-state index contributed by atoms with van der Waals surface area (Å²) in [5.74, 6) is -0.917. The molecule has 9 heteroatoms. The van der Waals surface area contributed by atoms with Crippen molar-refractivity contribution in [1.29, 1.82) is 0 Å². The molecular weight excluding hydrogens is 772 g/mol. The summed E-state index contributed by atoms with van der Waals surface area (Å²) in [5.41, 5.74) is 0. The van der Waals surface area contributed by atoms with E-state index in [2.05, 4.69) is 123 Å². The number of carbonyl (C=O) groups is 2. The number of hydrogen-bond donors (Lipinski definition) is 1. The summed E-state index contributed by atoms with van der Waals surface area (Å²) >= 11 is 0. The Morgan fingerprint density at radius 3 is 1.27 bits per heavy atom. The Labute approximate surface area is 365 Å². The monoisotopic (exact) mass is 853 g/mol. The van der Waals surface area contributed by atoms with Crippen LogP contribution in [0, 0.1) is 0 Å². The van der Waals surface area contributed by atoms with Crippen molar-refractivity contribution in [2.24, 2.45) is 0 Å². The van der Waals surface area contributed by atoms with Crippen molar-refractivity contribution in [3.63, 3.8) is 0 Å². The Morgan fingerprint density at radius 1 is 0.450 bits per heavy atom. The van der Waals surface area contributed by atoms with Crippen molar-refractivity contribution in [1.82, 2.24) is 0 Å². The van der Waals surface area contributed by atoms with Crippen LogP contribution in [-0.4, -0.2) is 42.8 Å². The van der Waals surface area contributed by atoms with Gasteiger partial charge in [-0.3, -0.25) is 18.6 Å². The Morgan fingerprint density at radius 2 is 0.833 bits per heavy atom. The summed E-state index contributed by atoms with van der Waals surface area (Å²) in [6, 6.07) is 0. The summed E-state index contributed by atoms with van der Waals surface area (Å²) in [7, 11) is -4.31. The first-order chi connectivity index (χ1) is 29.3. The van der Waals surface area contributed by atoms with Crippen LogP contribution >= 0.6 is 7.82 Å². The van der Waals surface area contributed by atoms with E-state index in [9.17, 15) is 19.0 Å². The van der Waals surface area contributed by atoms with Crippen LogP contribution in [0.15, 0.2) is 122 Å². The van der Waals surface area contributed by atoms with E-state index in [0.717, 1.165) is 89.9 Å². The van der Waals surface area contributed by atoms with Crippen LogP contribution in [0.25, 0.3) is 0 Å². The zero-order valence-electron chi connectivity index (χ0n) is 37.6. The highest BCUT2D eigenvalue weighted by atomic mass is 31.2. The van der Waals surface area contributed by atoms with E-state index in [4.69, 9.17) is 18.5 Å². The lowest BCUT2D eigenvalue weighted by molar-refractivity contribution is -0.161. The molecule has 0 aliphatic carbocycles. The first-order valence-electron chi connectivity index (χ1n) is 22.8. The second-order valence-electron chi connectivity index (χ2n) is 14.3. The van der Waals surface area contributed by atoms with E-state index >= 15 is 0 Å². The third-order valence-corrected chi connectivity index (χ3v) is 9.84. The molecule has 0 aliphatic rings. The molecule has 0 radical (unpaired) electrons. The van der Waals surface area contributed by atoms with Gasteiger partial charge in [0.2, 0.25) is 0 Å². The maximum Gasteiger partial charge on any atom is 0.472 e. The lowest BCUT2D eigenvalue weighted by Crippen LogP contribution is -2.29. The Bertz CT molecular complexity index is 1380. The van der Waals surface area contributed by atoms with E-state index in [1.807, 2.05) is 12.2 Å². The maximum absolute atomic E-state index is 12.5. The minimum absolute atomic E-state index is 0.0220. The van der Waals surface area contributed by atoms with Crippen molar-refractivity contribution < 1.29 is 37.6 Å². The van der Waals surface area contributed by atoms with Gasteiger partial charge in [-0.15, -0.1) is 0 Å². The number of hydrogen-bond acceptors (Lipinski definition) is 7. The zero-order chi connectivity index (χ0) is 43.9. The molecule has 8 nitrogen and oxygen atoms in total. The van der Waals surface area contributed by atoms with Gasteiger partial charge in [-0.2, -0.15) is 0 Å². The topological polar surface area (TPSA) is 108 Å². The quantitative estimate of drug-likeness (QED) is 0.0281. The first kappa shape index (κ1) is 56.5. The Kier molecular flexibility index (Phi) is 42.3. The van der Waals surface area contributed by atoms with Gasteiger partial charge >= 0.3 is 19.8 Å². The van der Waals surface area contributed by atoms with Gasteiger partial charge in [0.25, 0.3) is 0 Å². The van der Waals surface area contributed by atoms with Crippen LogP contribution in [-0.2, 0) is 32.7 Å². The van der Waals surface area contributed by atoms with Gasteiger partial charge in [0.05, 0.1) is 13.2 Å². The third kappa shape index (κ3) is 44.0. The second kappa shape index (κ2) is 45.0. The Balaban J connectivity index is 4.21. The molecule has 0 aromatic rings. The molecule has 1 N–H and O–H groups in total. The van der Waals surface area contributed by atoms with Gasteiger partial charge in [-0.05, 0) is 96.8 Å². The SMILES string of the molecule is CC/C=C\C/C=C\C/C=C\C/C=C\C/C=C\C/C=C\CCC(=O)OC(COC(=O)CCCCCCCCCC/C=C\C/C=C\C/C=C\C/C=C\CC)COP(=O)(O)OCC. The molecule has 0 saturated heterocycles. The molecule has 0 aromatic carbocycles. The van der Waals surface area contributed by atoms with E-state index in [-0.39, 0.29) is 26.1 Å². The summed E-state index contributed by atoms with van der Waals surface area (Å²) in [6.45, 7) is 5.13. The molecule has 0 aromatic heterocycles. The van der Waals surface area contributed by atoms with Crippen molar-refractivity contribution in [3.8, 4) is 0 Å². The number of phosphoric acid groups is 1. The third-order valence-electron chi connectivity index (χ3n) is 8.78. The van der Waals surface area contributed by atoms with Crippen LogP contribution in [0.3, 0.4) is 0 Å². The highest BCUT2D eigenvalue weighted by molar-refractivity contribution is 7.47. The van der Waals surface area contributed by atoms with Gasteiger partial charge in [0, 0.05) is 12.8 Å². The molecule has 0 fully saturated rings.